The lowest BCUT2D eigenvalue weighted by atomic mass is 10.4. The summed E-state index contributed by atoms with van der Waals surface area (Å²) in [5.41, 5.74) is 0. The fourth-order valence-electron chi connectivity index (χ4n) is 1.15. The van der Waals surface area contributed by atoms with Gasteiger partial charge >= 0.3 is 5.88 Å². The third-order valence-corrected chi connectivity index (χ3v) is 2.73. The van der Waals surface area contributed by atoms with Crippen LogP contribution in [0.2, 0.25) is 0 Å². The quantitative estimate of drug-likeness (QED) is 0.668. The Kier molecular flexibility index (Phi) is 2.88. The van der Waals surface area contributed by atoms with Crippen LogP contribution < -0.4 is 5.32 Å². The maximum Gasteiger partial charge on any atom is 0.433 e. The zero-order valence-electron chi connectivity index (χ0n) is 8.67. The molecule has 7 nitrogen and oxygen atoms in total. The lowest BCUT2D eigenvalue weighted by Crippen LogP contribution is -2.04. The van der Waals surface area contributed by atoms with Crippen molar-refractivity contribution in [2.45, 2.75) is 6.92 Å². The minimum absolute atomic E-state index is 0.226. The fraction of sp³-hybridized carbons (Fsp3) is 0.111. The molecule has 0 saturated carbocycles. The zero-order chi connectivity index (χ0) is 12.4. The number of thiazole rings is 1. The van der Waals surface area contributed by atoms with Crippen LogP contribution in [0.15, 0.2) is 22.7 Å². The average Bonchev–Trinajstić information content (AvgIpc) is 2.83. The number of nitrogens with one attached hydrogen (secondary N) is 1. The molecule has 0 atom stereocenters. The lowest BCUT2D eigenvalue weighted by molar-refractivity contribution is -0.401. The monoisotopic (exact) mass is 253 g/mol. The van der Waals surface area contributed by atoms with E-state index in [2.05, 4.69) is 10.3 Å². The van der Waals surface area contributed by atoms with Crippen LogP contribution >= 0.6 is 11.3 Å². The van der Waals surface area contributed by atoms with Gasteiger partial charge in [-0.1, -0.05) is 11.3 Å². The molecular weight excluding hydrogens is 246 g/mol. The Bertz CT molecular complexity index is 574. The van der Waals surface area contributed by atoms with Gasteiger partial charge in [0, 0.05) is 6.92 Å². The molecule has 17 heavy (non-hydrogen) atoms. The Labute approximate surface area is 99.2 Å². The van der Waals surface area contributed by atoms with Gasteiger partial charge in [0.05, 0.1) is 17.1 Å². The molecule has 0 aromatic carbocycles. The Hall–Kier alpha value is -2.22. The number of amides is 1. The molecule has 2 rings (SSSR count). The highest BCUT2D eigenvalue weighted by molar-refractivity contribution is 7.19. The first-order chi connectivity index (χ1) is 8.06. The minimum atomic E-state index is -0.612. The van der Waals surface area contributed by atoms with Gasteiger partial charge in [-0.15, -0.1) is 0 Å². The number of hydrogen-bond donors (Lipinski definition) is 1. The van der Waals surface area contributed by atoms with Crippen LogP contribution in [-0.2, 0) is 4.79 Å². The van der Waals surface area contributed by atoms with Crippen molar-refractivity contribution >= 4 is 28.3 Å². The number of hydrogen-bond acceptors (Lipinski definition) is 6. The summed E-state index contributed by atoms with van der Waals surface area (Å²) in [4.78, 5) is 25.2. The molecule has 1 N–H and O–H groups in total. The molecule has 0 bridgehead atoms. The molecule has 0 fully saturated rings. The molecule has 2 aromatic rings. The van der Waals surface area contributed by atoms with E-state index in [0.29, 0.717) is 15.8 Å². The summed E-state index contributed by atoms with van der Waals surface area (Å²) in [6, 6.07) is 2.76. The number of rotatable bonds is 3. The number of anilines is 1. The SMILES string of the molecule is CC(=O)Nc1ncc(-c2ccc([N+](=O)[O-])o2)s1. The van der Waals surface area contributed by atoms with Gasteiger partial charge in [-0.2, -0.15) is 0 Å². The highest BCUT2D eigenvalue weighted by Crippen LogP contribution is 2.32. The first kappa shape index (κ1) is 11.3. The van der Waals surface area contributed by atoms with E-state index in [9.17, 15) is 14.9 Å². The molecular formula is C9H7N3O4S. The van der Waals surface area contributed by atoms with E-state index in [1.807, 2.05) is 0 Å². The van der Waals surface area contributed by atoms with E-state index >= 15 is 0 Å². The van der Waals surface area contributed by atoms with Gasteiger partial charge in [-0.25, -0.2) is 4.98 Å². The number of furan rings is 1. The molecule has 8 heteroatoms. The van der Waals surface area contributed by atoms with Crippen molar-refractivity contribution in [1.29, 1.82) is 0 Å². The van der Waals surface area contributed by atoms with Crippen LogP contribution in [0.4, 0.5) is 11.0 Å². The van der Waals surface area contributed by atoms with Crippen LogP contribution in [0.5, 0.6) is 0 Å². The van der Waals surface area contributed by atoms with Gasteiger partial charge in [-0.3, -0.25) is 14.9 Å². The summed E-state index contributed by atoms with van der Waals surface area (Å²) in [6.07, 6.45) is 1.48. The van der Waals surface area contributed by atoms with Gasteiger partial charge < -0.3 is 9.73 Å². The molecule has 0 aliphatic heterocycles. The molecule has 2 aromatic heterocycles. The average molecular weight is 253 g/mol. The standard InChI is InChI=1S/C9H7N3O4S/c1-5(13)11-9-10-4-7(17-9)6-2-3-8(16-6)12(14)15/h2-4H,1H3,(H,10,11,13). The largest absolute Gasteiger partial charge is 0.433 e. The van der Waals surface area contributed by atoms with Gasteiger partial charge in [-0.05, 0) is 6.07 Å². The number of nitrogens with zero attached hydrogens (tertiary/aromatic N) is 2. The van der Waals surface area contributed by atoms with E-state index < -0.39 is 4.92 Å². The predicted molar refractivity (Wildman–Crippen MR) is 60.8 cm³/mol. The summed E-state index contributed by atoms with van der Waals surface area (Å²) in [6.45, 7) is 1.37. The first-order valence-corrected chi connectivity index (χ1v) is 5.36. The van der Waals surface area contributed by atoms with Crippen LogP contribution in [0.25, 0.3) is 10.6 Å². The van der Waals surface area contributed by atoms with E-state index in [-0.39, 0.29) is 11.8 Å². The van der Waals surface area contributed by atoms with Crippen molar-refractivity contribution in [2.24, 2.45) is 0 Å². The Morgan fingerprint density at radius 1 is 1.59 bits per heavy atom. The lowest BCUT2D eigenvalue weighted by Gasteiger charge is -1.92. The van der Waals surface area contributed by atoms with Gasteiger partial charge in [0.25, 0.3) is 0 Å². The van der Waals surface area contributed by atoms with Crippen molar-refractivity contribution in [3.63, 3.8) is 0 Å². The summed E-state index contributed by atoms with van der Waals surface area (Å²) in [5, 5.41) is 13.4. The Morgan fingerprint density at radius 2 is 2.35 bits per heavy atom. The zero-order valence-corrected chi connectivity index (χ0v) is 9.48. The summed E-state index contributed by atoms with van der Waals surface area (Å²) < 4.78 is 5.01. The summed E-state index contributed by atoms with van der Waals surface area (Å²) in [5.74, 6) is -0.198. The molecule has 2 heterocycles. The highest BCUT2D eigenvalue weighted by Gasteiger charge is 2.15. The number of nitro groups is 1. The third-order valence-electron chi connectivity index (χ3n) is 1.80. The minimum Gasteiger partial charge on any atom is -0.400 e. The van der Waals surface area contributed by atoms with Crippen molar-refractivity contribution in [1.82, 2.24) is 4.98 Å². The molecule has 0 radical (unpaired) electrons. The summed E-state index contributed by atoms with van der Waals surface area (Å²) >= 11 is 1.18. The van der Waals surface area contributed by atoms with Crippen LogP contribution in [-0.4, -0.2) is 15.8 Å². The van der Waals surface area contributed by atoms with E-state index in [4.69, 9.17) is 4.42 Å². The normalized spacial score (nSPS) is 10.2. The molecule has 0 unspecified atom stereocenters. The van der Waals surface area contributed by atoms with Crippen LogP contribution in [0.1, 0.15) is 6.92 Å². The maximum atomic E-state index is 10.8. The van der Waals surface area contributed by atoms with Crippen LogP contribution in [0.3, 0.4) is 0 Å². The smallest absolute Gasteiger partial charge is 0.400 e. The van der Waals surface area contributed by atoms with E-state index in [1.165, 1.54) is 36.6 Å². The number of aromatic nitrogens is 1. The number of carbonyl (C=O) groups excluding carboxylic acids is 1. The topological polar surface area (TPSA) is 98.3 Å². The van der Waals surface area contributed by atoms with Crippen molar-refractivity contribution in [3.05, 3.63) is 28.4 Å². The second-order valence-corrected chi connectivity index (χ2v) is 4.14. The third kappa shape index (κ3) is 2.48. The fourth-order valence-corrected chi connectivity index (χ4v) is 1.98. The van der Waals surface area contributed by atoms with Crippen molar-refractivity contribution in [2.75, 3.05) is 5.32 Å². The predicted octanol–water partition coefficient (Wildman–Crippen LogP) is 2.27. The van der Waals surface area contributed by atoms with Gasteiger partial charge in [0.15, 0.2) is 10.9 Å². The second kappa shape index (κ2) is 4.34. The molecule has 0 aliphatic carbocycles. The number of carbonyl (C=O) groups is 1. The second-order valence-electron chi connectivity index (χ2n) is 3.11. The van der Waals surface area contributed by atoms with Crippen LogP contribution in [0, 0.1) is 10.1 Å². The Balaban J connectivity index is 2.24. The van der Waals surface area contributed by atoms with Crippen molar-refractivity contribution in [3.8, 4) is 10.6 Å². The molecule has 0 saturated heterocycles. The summed E-state index contributed by atoms with van der Waals surface area (Å²) in [7, 11) is 0. The van der Waals surface area contributed by atoms with E-state index in [0.717, 1.165) is 0 Å². The Morgan fingerprint density at radius 3 is 2.94 bits per heavy atom. The molecule has 0 aliphatic rings. The molecule has 1 amide bonds. The van der Waals surface area contributed by atoms with Crippen molar-refractivity contribution < 1.29 is 14.1 Å². The first-order valence-electron chi connectivity index (χ1n) is 4.54. The van der Waals surface area contributed by atoms with E-state index in [1.54, 1.807) is 0 Å². The maximum absolute atomic E-state index is 10.8. The van der Waals surface area contributed by atoms with Gasteiger partial charge in [0.1, 0.15) is 4.92 Å². The highest BCUT2D eigenvalue weighted by atomic mass is 32.1. The molecule has 88 valence electrons. The van der Waals surface area contributed by atoms with Gasteiger partial charge in [0.2, 0.25) is 5.91 Å². The molecule has 0 spiro atoms.